The van der Waals surface area contributed by atoms with Gasteiger partial charge in [0.25, 0.3) is 5.91 Å². The summed E-state index contributed by atoms with van der Waals surface area (Å²) in [5.74, 6) is 0.347. The molecule has 1 saturated heterocycles. The van der Waals surface area contributed by atoms with Gasteiger partial charge < -0.3 is 14.6 Å². The van der Waals surface area contributed by atoms with Crippen LogP contribution in [0.2, 0.25) is 5.02 Å². The third kappa shape index (κ3) is 5.51. The van der Waals surface area contributed by atoms with Gasteiger partial charge in [-0.05, 0) is 55.5 Å². The molecular formula is C28H25BrClN3O4S. The Balaban J connectivity index is 1.31. The number of para-hydroxylation sites is 1. The van der Waals surface area contributed by atoms with Crippen molar-refractivity contribution in [3.05, 3.63) is 99.7 Å². The molecule has 10 heteroatoms. The fourth-order valence-electron chi connectivity index (χ4n) is 4.36. The summed E-state index contributed by atoms with van der Waals surface area (Å²) < 4.78 is 34.5. The van der Waals surface area contributed by atoms with Crippen LogP contribution in [0.25, 0.3) is 11.3 Å². The monoisotopic (exact) mass is 613 g/mol. The lowest BCUT2D eigenvalue weighted by atomic mass is 10.2. The highest BCUT2D eigenvalue weighted by atomic mass is 79.9. The number of rotatable bonds is 6. The molecule has 1 aliphatic heterocycles. The zero-order valence-electron chi connectivity index (χ0n) is 20.5. The maximum atomic E-state index is 13.1. The summed E-state index contributed by atoms with van der Waals surface area (Å²) in [5, 5.41) is 3.38. The first kappa shape index (κ1) is 26.5. The van der Waals surface area contributed by atoms with Crippen LogP contribution in [0.4, 0.5) is 11.4 Å². The number of piperazine rings is 1. The summed E-state index contributed by atoms with van der Waals surface area (Å²) in [6.45, 7) is 3.36. The molecule has 2 heterocycles. The molecule has 4 aromatic rings. The van der Waals surface area contributed by atoms with E-state index in [-0.39, 0.29) is 10.7 Å². The molecule has 5 rings (SSSR count). The van der Waals surface area contributed by atoms with Crippen molar-refractivity contribution in [3.8, 4) is 11.3 Å². The van der Waals surface area contributed by atoms with Gasteiger partial charge in [-0.25, -0.2) is 8.42 Å². The number of benzene rings is 3. The van der Waals surface area contributed by atoms with Crippen LogP contribution in [-0.4, -0.2) is 44.8 Å². The Bertz CT molecular complexity index is 1560. The van der Waals surface area contributed by atoms with Gasteiger partial charge in [-0.1, -0.05) is 63.4 Å². The molecule has 0 atom stereocenters. The minimum Gasteiger partial charge on any atom is -0.451 e. The van der Waals surface area contributed by atoms with Crippen molar-refractivity contribution in [2.45, 2.75) is 11.8 Å². The Labute approximate surface area is 235 Å². The maximum absolute atomic E-state index is 13.1. The summed E-state index contributed by atoms with van der Waals surface area (Å²) >= 11 is 9.99. The van der Waals surface area contributed by atoms with E-state index in [2.05, 4.69) is 21.2 Å². The Hall–Kier alpha value is -3.11. The third-order valence-corrected chi connectivity index (χ3v) is 9.15. The lowest BCUT2D eigenvalue weighted by Gasteiger charge is -2.36. The van der Waals surface area contributed by atoms with E-state index in [0.29, 0.717) is 48.3 Å². The molecule has 0 bridgehead atoms. The van der Waals surface area contributed by atoms with E-state index in [0.717, 1.165) is 15.6 Å². The van der Waals surface area contributed by atoms with Crippen molar-refractivity contribution >= 4 is 54.8 Å². The van der Waals surface area contributed by atoms with Crippen LogP contribution in [0.3, 0.4) is 0 Å². The molecule has 1 aromatic heterocycles. The standard InChI is InChI=1S/C28H25BrClN3O4S/c1-19-5-11-22(12-6-19)38(35,36)33-17-15-32(16-18-33)27-23(30)3-2-4-24(27)31-28(34)26-14-13-25(37-26)20-7-9-21(29)10-8-20/h2-14H,15-18H2,1H3,(H,31,34). The van der Waals surface area contributed by atoms with Gasteiger partial charge in [0.1, 0.15) is 5.76 Å². The Kier molecular flexibility index (Phi) is 7.63. The van der Waals surface area contributed by atoms with E-state index in [1.54, 1.807) is 54.6 Å². The number of hydrogen-bond acceptors (Lipinski definition) is 5. The highest BCUT2D eigenvalue weighted by Gasteiger charge is 2.30. The van der Waals surface area contributed by atoms with Gasteiger partial charge in [-0.2, -0.15) is 4.31 Å². The van der Waals surface area contributed by atoms with Crippen LogP contribution in [0.1, 0.15) is 16.1 Å². The molecule has 1 fully saturated rings. The molecule has 0 saturated carbocycles. The molecule has 1 aliphatic rings. The zero-order chi connectivity index (χ0) is 26.9. The molecule has 0 unspecified atom stereocenters. The molecule has 3 aromatic carbocycles. The van der Waals surface area contributed by atoms with Crippen LogP contribution in [0, 0.1) is 6.92 Å². The lowest BCUT2D eigenvalue weighted by Crippen LogP contribution is -2.49. The molecule has 0 spiro atoms. The highest BCUT2D eigenvalue weighted by Crippen LogP contribution is 2.36. The average molecular weight is 615 g/mol. The van der Waals surface area contributed by atoms with Crippen molar-refractivity contribution < 1.29 is 17.6 Å². The van der Waals surface area contributed by atoms with E-state index < -0.39 is 15.9 Å². The first-order chi connectivity index (χ1) is 18.2. The summed E-state index contributed by atoms with van der Waals surface area (Å²) in [4.78, 5) is 15.3. The van der Waals surface area contributed by atoms with Crippen LogP contribution in [0.15, 0.2) is 92.6 Å². The zero-order valence-corrected chi connectivity index (χ0v) is 23.7. The fourth-order valence-corrected chi connectivity index (χ4v) is 6.34. The van der Waals surface area contributed by atoms with Crippen LogP contribution >= 0.6 is 27.5 Å². The van der Waals surface area contributed by atoms with Gasteiger partial charge in [0.2, 0.25) is 10.0 Å². The van der Waals surface area contributed by atoms with Crippen LogP contribution in [-0.2, 0) is 10.0 Å². The summed E-state index contributed by atoms with van der Waals surface area (Å²) in [7, 11) is -3.59. The SMILES string of the molecule is Cc1ccc(S(=O)(=O)N2CCN(c3c(Cl)cccc3NC(=O)c3ccc(-c4ccc(Br)cc4)o3)CC2)cc1. The van der Waals surface area contributed by atoms with Crippen molar-refractivity contribution in [2.24, 2.45) is 0 Å². The number of anilines is 2. The Morgan fingerprint density at radius 2 is 1.61 bits per heavy atom. The quantitative estimate of drug-likeness (QED) is 0.271. The van der Waals surface area contributed by atoms with Gasteiger partial charge in [-0.3, -0.25) is 4.79 Å². The number of aryl methyl sites for hydroxylation is 1. The Morgan fingerprint density at radius 3 is 2.29 bits per heavy atom. The Morgan fingerprint density at radius 1 is 0.921 bits per heavy atom. The van der Waals surface area contributed by atoms with E-state index in [9.17, 15) is 13.2 Å². The second-order valence-corrected chi connectivity index (χ2v) is 12.2. The van der Waals surface area contributed by atoms with Gasteiger partial charge in [0, 0.05) is 36.2 Å². The number of nitrogens with one attached hydrogen (secondary N) is 1. The van der Waals surface area contributed by atoms with E-state index >= 15 is 0 Å². The van der Waals surface area contributed by atoms with Gasteiger partial charge >= 0.3 is 0 Å². The second-order valence-electron chi connectivity index (χ2n) is 8.97. The normalized spacial score (nSPS) is 14.4. The highest BCUT2D eigenvalue weighted by molar-refractivity contribution is 9.10. The molecular weight excluding hydrogens is 590 g/mol. The number of amides is 1. The number of sulfonamides is 1. The minimum atomic E-state index is -3.59. The minimum absolute atomic E-state index is 0.169. The number of nitrogens with zero attached hydrogens (tertiary/aromatic N) is 2. The van der Waals surface area contributed by atoms with Gasteiger partial charge in [0.15, 0.2) is 5.76 Å². The molecule has 38 heavy (non-hydrogen) atoms. The van der Waals surface area contributed by atoms with Crippen molar-refractivity contribution in [2.75, 3.05) is 36.4 Å². The number of halogens is 2. The van der Waals surface area contributed by atoms with E-state index in [4.69, 9.17) is 16.0 Å². The number of furan rings is 1. The average Bonchev–Trinajstić information content (AvgIpc) is 3.40. The second kappa shape index (κ2) is 10.9. The van der Waals surface area contributed by atoms with Gasteiger partial charge in [0.05, 0.1) is 21.3 Å². The maximum Gasteiger partial charge on any atom is 0.291 e. The topological polar surface area (TPSA) is 82.9 Å². The van der Waals surface area contributed by atoms with Gasteiger partial charge in [-0.15, -0.1) is 0 Å². The largest absolute Gasteiger partial charge is 0.451 e. The summed E-state index contributed by atoms with van der Waals surface area (Å²) in [6, 6.07) is 23.1. The summed E-state index contributed by atoms with van der Waals surface area (Å²) in [5.41, 5.74) is 3.03. The van der Waals surface area contributed by atoms with E-state index in [1.165, 1.54) is 4.31 Å². The predicted molar refractivity (Wildman–Crippen MR) is 153 cm³/mol. The molecule has 196 valence electrons. The smallest absolute Gasteiger partial charge is 0.291 e. The lowest BCUT2D eigenvalue weighted by molar-refractivity contribution is 0.0997. The van der Waals surface area contributed by atoms with E-state index in [1.807, 2.05) is 36.1 Å². The van der Waals surface area contributed by atoms with Crippen LogP contribution in [0.5, 0.6) is 0 Å². The number of carbonyl (C=O) groups excluding carboxylic acids is 1. The molecule has 0 aliphatic carbocycles. The molecule has 1 amide bonds. The number of carbonyl (C=O) groups is 1. The fraction of sp³-hybridized carbons (Fsp3) is 0.179. The molecule has 7 nitrogen and oxygen atoms in total. The number of hydrogen-bond donors (Lipinski definition) is 1. The van der Waals surface area contributed by atoms with Crippen molar-refractivity contribution in [1.82, 2.24) is 4.31 Å². The predicted octanol–water partition coefficient (Wildman–Crippen LogP) is 6.43. The van der Waals surface area contributed by atoms with Crippen LogP contribution < -0.4 is 10.2 Å². The first-order valence-corrected chi connectivity index (χ1v) is 14.6. The summed E-state index contributed by atoms with van der Waals surface area (Å²) in [6.07, 6.45) is 0. The first-order valence-electron chi connectivity index (χ1n) is 12.0. The third-order valence-electron chi connectivity index (χ3n) is 6.41. The molecule has 0 radical (unpaired) electrons. The van der Waals surface area contributed by atoms with Crippen molar-refractivity contribution in [3.63, 3.8) is 0 Å². The molecule has 1 N–H and O–H groups in total. The van der Waals surface area contributed by atoms with Crippen molar-refractivity contribution in [1.29, 1.82) is 0 Å².